The molecule has 0 radical (unpaired) electrons. The summed E-state index contributed by atoms with van der Waals surface area (Å²) in [7, 11) is 0. The number of nitrogens with zero attached hydrogens (tertiary/aromatic N) is 1. The van der Waals surface area contributed by atoms with Gasteiger partial charge in [-0.05, 0) is 36.4 Å². The van der Waals surface area contributed by atoms with E-state index in [2.05, 4.69) is 15.0 Å². The summed E-state index contributed by atoms with van der Waals surface area (Å²) < 4.78 is 29.2. The molecule has 1 amide bonds. The highest BCUT2D eigenvalue weighted by atomic mass is 35.5. The van der Waals surface area contributed by atoms with E-state index in [0.717, 1.165) is 11.1 Å². The lowest BCUT2D eigenvalue weighted by Crippen LogP contribution is -2.87. The molecule has 0 aliphatic carbocycles. The van der Waals surface area contributed by atoms with Crippen molar-refractivity contribution < 1.29 is 23.6 Å². The monoisotopic (exact) mass is 418 g/mol. The fraction of sp³-hybridized carbons (Fsp3) is 0.143. The third-order valence-corrected chi connectivity index (χ3v) is 4.50. The average molecular weight is 419 g/mol. The average Bonchev–Trinajstić information content (AvgIpc) is 2.71. The Hall–Kier alpha value is -3.03. The van der Waals surface area contributed by atoms with Crippen LogP contribution < -0.4 is 15.4 Å². The number of benzene rings is 2. The molecule has 0 aliphatic rings. The Bertz CT molecular complexity index is 940. The van der Waals surface area contributed by atoms with Gasteiger partial charge in [0.25, 0.3) is 5.91 Å². The molecule has 29 heavy (non-hydrogen) atoms. The number of alkyl halides is 2. The zero-order valence-corrected chi connectivity index (χ0v) is 16.0. The number of aromatic nitrogens is 1. The number of rotatable bonds is 8. The number of carbonyl (C=O) groups excluding carboxylic acids is 1. The second-order valence-electron chi connectivity index (χ2n) is 6.17. The third kappa shape index (κ3) is 5.97. The van der Waals surface area contributed by atoms with Crippen molar-refractivity contribution in [3.8, 4) is 5.75 Å². The van der Waals surface area contributed by atoms with Gasteiger partial charge in [-0.1, -0.05) is 41.9 Å². The number of pyridine rings is 1. The number of quaternary nitrogens is 1. The Morgan fingerprint density at radius 1 is 1.03 bits per heavy atom. The topological polar surface area (TPSA) is 67.8 Å². The Labute approximate surface area is 171 Å². The summed E-state index contributed by atoms with van der Waals surface area (Å²) in [6.45, 7) is -2.75. The van der Waals surface area contributed by atoms with Gasteiger partial charge in [0.2, 0.25) is 0 Å². The first kappa shape index (κ1) is 20.7. The van der Waals surface area contributed by atoms with Crippen molar-refractivity contribution in [2.75, 3.05) is 11.9 Å². The summed E-state index contributed by atoms with van der Waals surface area (Å²) in [5.41, 5.74) is 2.27. The van der Waals surface area contributed by atoms with Gasteiger partial charge in [-0.3, -0.25) is 4.79 Å². The number of amides is 1. The molecule has 3 N–H and O–H groups in total. The molecule has 0 bridgehead atoms. The highest BCUT2D eigenvalue weighted by Crippen LogP contribution is 2.22. The van der Waals surface area contributed by atoms with E-state index in [0.29, 0.717) is 5.69 Å². The van der Waals surface area contributed by atoms with Gasteiger partial charge in [0.1, 0.15) is 11.8 Å². The highest BCUT2D eigenvalue weighted by molar-refractivity contribution is 6.32. The largest absolute Gasteiger partial charge is 0.435 e. The van der Waals surface area contributed by atoms with E-state index in [1.165, 1.54) is 18.3 Å². The molecule has 2 aromatic carbocycles. The van der Waals surface area contributed by atoms with Gasteiger partial charge in [0.05, 0.1) is 5.69 Å². The molecule has 150 valence electrons. The van der Waals surface area contributed by atoms with Gasteiger partial charge in [-0.2, -0.15) is 8.78 Å². The SMILES string of the molecule is O=C(C[NH2+][C@@H](c1ccccc1)c1ccc(OC(F)F)cc1)Nc1cccnc1Cl. The summed E-state index contributed by atoms with van der Waals surface area (Å²) in [4.78, 5) is 16.3. The summed E-state index contributed by atoms with van der Waals surface area (Å²) in [5.74, 6) is -0.155. The molecule has 0 saturated carbocycles. The van der Waals surface area contributed by atoms with E-state index in [4.69, 9.17) is 11.6 Å². The minimum atomic E-state index is -2.87. The molecule has 3 aromatic rings. The van der Waals surface area contributed by atoms with Crippen LogP contribution in [0, 0.1) is 0 Å². The highest BCUT2D eigenvalue weighted by Gasteiger charge is 2.20. The molecule has 0 spiro atoms. The molecule has 1 aromatic heterocycles. The molecule has 0 aliphatic heterocycles. The van der Waals surface area contributed by atoms with Crippen LogP contribution in [0.3, 0.4) is 0 Å². The van der Waals surface area contributed by atoms with E-state index in [-0.39, 0.29) is 29.4 Å². The number of carbonyl (C=O) groups is 1. The van der Waals surface area contributed by atoms with Gasteiger partial charge in [-0.25, -0.2) is 4.98 Å². The van der Waals surface area contributed by atoms with Crippen LogP contribution in [0.1, 0.15) is 17.2 Å². The lowest BCUT2D eigenvalue weighted by molar-refractivity contribution is -0.676. The number of anilines is 1. The minimum absolute atomic E-state index is 0.0829. The fourth-order valence-corrected chi connectivity index (χ4v) is 3.05. The van der Waals surface area contributed by atoms with Crippen molar-refractivity contribution >= 4 is 23.2 Å². The smallest absolute Gasteiger partial charge is 0.387 e. The number of halogens is 3. The first-order valence-electron chi connectivity index (χ1n) is 8.86. The Kier molecular flexibility index (Phi) is 7.10. The van der Waals surface area contributed by atoms with Gasteiger partial charge >= 0.3 is 6.61 Å². The number of nitrogens with two attached hydrogens (primary N) is 1. The maximum Gasteiger partial charge on any atom is 0.387 e. The van der Waals surface area contributed by atoms with E-state index >= 15 is 0 Å². The van der Waals surface area contributed by atoms with E-state index in [1.54, 1.807) is 24.3 Å². The van der Waals surface area contributed by atoms with Crippen molar-refractivity contribution in [1.82, 2.24) is 4.98 Å². The molecule has 1 heterocycles. The van der Waals surface area contributed by atoms with Crippen LogP contribution in [-0.2, 0) is 4.79 Å². The van der Waals surface area contributed by atoms with Crippen LogP contribution in [0.2, 0.25) is 5.15 Å². The Morgan fingerprint density at radius 3 is 2.38 bits per heavy atom. The number of hydrogen-bond donors (Lipinski definition) is 2. The molecular formula is C21H19ClF2N3O2+. The summed E-state index contributed by atoms with van der Waals surface area (Å²) in [6.07, 6.45) is 1.54. The predicted molar refractivity (Wildman–Crippen MR) is 106 cm³/mol. The van der Waals surface area contributed by atoms with Crippen molar-refractivity contribution in [2.45, 2.75) is 12.7 Å². The normalized spacial score (nSPS) is 11.9. The fourth-order valence-electron chi connectivity index (χ4n) is 2.89. The quantitative estimate of drug-likeness (QED) is 0.549. The first-order chi connectivity index (χ1) is 14.0. The maximum atomic E-state index is 12.4. The molecule has 0 saturated heterocycles. The van der Waals surface area contributed by atoms with Gasteiger partial charge < -0.3 is 15.4 Å². The Morgan fingerprint density at radius 2 is 1.72 bits per heavy atom. The van der Waals surface area contributed by atoms with Gasteiger partial charge in [0, 0.05) is 17.3 Å². The molecular weight excluding hydrogens is 400 g/mol. The second-order valence-corrected chi connectivity index (χ2v) is 6.52. The standard InChI is InChI=1S/C21H18ClF2N3O2/c22-20-17(7-4-12-25-20)27-18(28)13-26-19(14-5-2-1-3-6-14)15-8-10-16(11-9-15)29-21(23)24/h1-12,19,21,26H,13H2,(H,27,28)/p+1/t19-/m0/s1. The molecule has 0 unspecified atom stereocenters. The lowest BCUT2D eigenvalue weighted by atomic mass is 9.98. The van der Waals surface area contributed by atoms with Crippen LogP contribution in [0.25, 0.3) is 0 Å². The summed E-state index contributed by atoms with van der Waals surface area (Å²) in [5, 5.41) is 4.81. The first-order valence-corrected chi connectivity index (χ1v) is 9.24. The molecule has 1 atom stereocenters. The second kappa shape index (κ2) is 9.95. The molecule has 3 rings (SSSR count). The third-order valence-electron chi connectivity index (χ3n) is 4.20. The summed E-state index contributed by atoms with van der Waals surface area (Å²) >= 11 is 5.97. The van der Waals surface area contributed by atoms with Crippen LogP contribution in [0.15, 0.2) is 72.9 Å². The zero-order chi connectivity index (χ0) is 20.6. The minimum Gasteiger partial charge on any atom is -0.435 e. The zero-order valence-electron chi connectivity index (χ0n) is 15.3. The predicted octanol–water partition coefficient (Wildman–Crippen LogP) is 3.63. The van der Waals surface area contributed by atoms with Crippen molar-refractivity contribution in [3.63, 3.8) is 0 Å². The van der Waals surface area contributed by atoms with E-state index in [1.807, 2.05) is 35.6 Å². The molecule has 5 nitrogen and oxygen atoms in total. The van der Waals surface area contributed by atoms with Crippen LogP contribution in [0.5, 0.6) is 5.75 Å². The number of hydrogen-bond acceptors (Lipinski definition) is 3. The Balaban J connectivity index is 1.73. The van der Waals surface area contributed by atoms with Crippen molar-refractivity contribution in [2.24, 2.45) is 0 Å². The maximum absolute atomic E-state index is 12.4. The summed E-state index contributed by atoms with van der Waals surface area (Å²) in [6, 6.07) is 19.1. The van der Waals surface area contributed by atoms with Crippen LogP contribution in [0.4, 0.5) is 14.5 Å². The van der Waals surface area contributed by atoms with E-state index in [9.17, 15) is 13.6 Å². The van der Waals surface area contributed by atoms with Crippen LogP contribution in [-0.4, -0.2) is 24.0 Å². The van der Waals surface area contributed by atoms with Crippen molar-refractivity contribution in [1.29, 1.82) is 0 Å². The van der Waals surface area contributed by atoms with Crippen molar-refractivity contribution in [3.05, 3.63) is 89.2 Å². The molecule has 0 fully saturated rings. The number of nitrogens with one attached hydrogen (secondary N) is 1. The lowest BCUT2D eigenvalue weighted by Gasteiger charge is -2.17. The molecule has 8 heteroatoms. The van der Waals surface area contributed by atoms with E-state index < -0.39 is 6.61 Å². The number of ether oxygens (including phenoxy) is 1. The van der Waals surface area contributed by atoms with Crippen LogP contribution >= 0.6 is 11.6 Å². The van der Waals surface area contributed by atoms with Gasteiger partial charge in [-0.15, -0.1) is 0 Å². The van der Waals surface area contributed by atoms with Gasteiger partial charge in [0.15, 0.2) is 11.7 Å².